The smallest absolute Gasteiger partial charge is 0.231 e. The van der Waals surface area contributed by atoms with E-state index in [1.807, 2.05) is 12.1 Å². The number of benzene rings is 1. The molecule has 2 atom stereocenters. The first-order valence-electron chi connectivity index (χ1n) is 10.0. The standard InChI is InChI=1S/C21H32N2O3/c1-25-19-11-7-9-17(20(19)26-2)15-22-12-8-10-18(16-22)21(24)23-13-5-3-4-6-14-23/h7,9,11,18H,3-6,8,10,12-16H2,1-2H3/p+1/t18-/m1/s1. The number of nitrogens with one attached hydrogen (secondary N) is 1. The summed E-state index contributed by atoms with van der Waals surface area (Å²) in [6.45, 7) is 4.83. The molecule has 144 valence electrons. The fourth-order valence-electron chi connectivity index (χ4n) is 4.43. The molecule has 2 saturated heterocycles. The van der Waals surface area contributed by atoms with E-state index >= 15 is 0 Å². The van der Waals surface area contributed by atoms with Crippen LogP contribution in [0.25, 0.3) is 0 Å². The Morgan fingerprint density at radius 2 is 1.88 bits per heavy atom. The van der Waals surface area contributed by atoms with Gasteiger partial charge in [0, 0.05) is 13.1 Å². The molecule has 1 unspecified atom stereocenters. The average Bonchev–Trinajstić information content (AvgIpc) is 2.97. The largest absolute Gasteiger partial charge is 0.493 e. The van der Waals surface area contributed by atoms with Gasteiger partial charge in [0.1, 0.15) is 6.54 Å². The summed E-state index contributed by atoms with van der Waals surface area (Å²) in [7, 11) is 3.36. The van der Waals surface area contributed by atoms with E-state index in [0.717, 1.165) is 75.5 Å². The van der Waals surface area contributed by atoms with Crippen LogP contribution in [0, 0.1) is 5.92 Å². The molecular weight excluding hydrogens is 328 g/mol. The summed E-state index contributed by atoms with van der Waals surface area (Å²) in [5.41, 5.74) is 1.16. The van der Waals surface area contributed by atoms with Crippen LogP contribution in [0.5, 0.6) is 11.5 Å². The molecule has 5 heteroatoms. The molecule has 1 N–H and O–H groups in total. The van der Waals surface area contributed by atoms with E-state index in [-0.39, 0.29) is 5.92 Å². The molecule has 1 aromatic carbocycles. The lowest BCUT2D eigenvalue weighted by molar-refractivity contribution is -0.921. The number of quaternary nitrogens is 1. The summed E-state index contributed by atoms with van der Waals surface area (Å²) in [6.07, 6.45) is 7.01. The molecule has 2 fully saturated rings. The average molecular weight is 362 g/mol. The van der Waals surface area contributed by atoms with Crippen LogP contribution in [0.4, 0.5) is 0 Å². The lowest BCUT2D eigenvalue weighted by Crippen LogP contribution is -3.12. The Kier molecular flexibility index (Phi) is 6.78. The highest BCUT2D eigenvalue weighted by Gasteiger charge is 2.32. The molecule has 0 aromatic heterocycles. The van der Waals surface area contributed by atoms with Crippen LogP contribution in [0.3, 0.4) is 0 Å². The predicted octanol–water partition coefficient (Wildman–Crippen LogP) is 1.90. The lowest BCUT2D eigenvalue weighted by Gasteiger charge is -2.32. The molecule has 2 aliphatic rings. The molecule has 0 saturated carbocycles. The molecule has 0 radical (unpaired) electrons. The Bertz CT molecular complexity index is 597. The maximum atomic E-state index is 13.0. The van der Waals surface area contributed by atoms with Gasteiger partial charge >= 0.3 is 0 Å². The van der Waals surface area contributed by atoms with Crippen LogP contribution in [0.1, 0.15) is 44.1 Å². The third-order valence-corrected chi connectivity index (χ3v) is 5.81. The first-order valence-corrected chi connectivity index (χ1v) is 10.0. The maximum absolute atomic E-state index is 13.0. The molecular formula is C21H33N2O3+. The van der Waals surface area contributed by atoms with Crippen molar-refractivity contribution >= 4 is 5.91 Å². The molecule has 2 aliphatic heterocycles. The van der Waals surface area contributed by atoms with Gasteiger partial charge in [0.25, 0.3) is 0 Å². The number of carbonyl (C=O) groups is 1. The number of amides is 1. The first-order chi connectivity index (χ1) is 12.7. The van der Waals surface area contributed by atoms with E-state index in [1.54, 1.807) is 14.2 Å². The topological polar surface area (TPSA) is 43.2 Å². The SMILES string of the molecule is COc1cccc(C[NH+]2CCC[C@@H](C(=O)N3CCCCCC3)C2)c1OC. The summed E-state index contributed by atoms with van der Waals surface area (Å²) in [5.74, 6) is 2.16. The third kappa shape index (κ3) is 4.50. The van der Waals surface area contributed by atoms with Gasteiger partial charge in [-0.25, -0.2) is 0 Å². The molecule has 0 aliphatic carbocycles. The van der Waals surface area contributed by atoms with E-state index < -0.39 is 0 Å². The Labute approximate surface area is 157 Å². The second-order valence-electron chi connectivity index (χ2n) is 7.61. The van der Waals surface area contributed by atoms with Crippen molar-refractivity contribution in [2.24, 2.45) is 5.92 Å². The Morgan fingerprint density at radius 1 is 1.12 bits per heavy atom. The van der Waals surface area contributed by atoms with Gasteiger partial charge < -0.3 is 19.3 Å². The van der Waals surface area contributed by atoms with Crippen molar-refractivity contribution in [3.63, 3.8) is 0 Å². The summed E-state index contributed by atoms with van der Waals surface area (Å²) in [5, 5.41) is 0. The third-order valence-electron chi connectivity index (χ3n) is 5.81. The van der Waals surface area contributed by atoms with Crippen molar-refractivity contribution < 1.29 is 19.2 Å². The zero-order chi connectivity index (χ0) is 18.4. The molecule has 0 bridgehead atoms. The summed E-state index contributed by atoms with van der Waals surface area (Å²) in [6, 6.07) is 6.05. The van der Waals surface area contributed by atoms with Gasteiger partial charge in [-0.3, -0.25) is 4.79 Å². The number of nitrogens with zero attached hydrogens (tertiary/aromatic N) is 1. The van der Waals surface area contributed by atoms with Crippen LogP contribution in [-0.4, -0.2) is 51.2 Å². The van der Waals surface area contributed by atoms with Crippen LogP contribution >= 0.6 is 0 Å². The predicted molar refractivity (Wildman–Crippen MR) is 102 cm³/mol. The van der Waals surface area contributed by atoms with Crippen molar-refractivity contribution in [1.29, 1.82) is 0 Å². The maximum Gasteiger partial charge on any atom is 0.231 e. The first kappa shape index (κ1) is 19.0. The monoisotopic (exact) mass is 361 g/mol. The molecule has 5 nitrogen and oxygen atoms in total. The second kappa shape index (κ2) is 9.26. The second-order valence-corrected chi connectivity index (χ2v) is 7.61. The number of ether oxygens (including phenoxy) is 2. The van der Waals surface area contributed by atoms with Crippen molar-refractivity contribution in [3.8, 4) is 11.5 Å². The fourth-order valence-corrected chi connectivity index (χ4v) is 4.43. The van der Waals surface area contributed by atoms with Crippen molar-refractivity contribution in [2.75, 3.05) is 40.4 Å². The van der Waals surface area contributed by atoms with Gasteiger partial charge in [-0.05, 0) is 37.8 Å². The van der Waals surface area contributed by atoms with E-state index in [1.165, 1.54) is 17.7 Å². The number of hydrogen-bond acceptors (Lipinski definition) is 3. The number of methoxy groups -OCH3 is 2. The minimum atomic E-state index is 0.174. The van der Waals surface area contributed by atoms with Crippen molar-refractivity contribution in [2.45, 2.75) is 45.1 Å². The number of para-hydroxylation sites is 1. The minimum Gasteiger partial charge on any atom is -0.493 e. The van der Waals surface area contributed by atoms with E-state index in [9.17, 15) is 4.79 Å². The van der Waals surface area contributed by atoms with E-state index in [4.69, 9.17) is 9.47 Å². The number of piperidine rings is 1. The Hall–Kier alpha value is -1.75. The quantitative estimate of drug-likeness (QED) is 0.871. The molecule has 1 aromatic rings. The Balaban J connectivity index is 1.64. The van der Waals surface area contributed by atoms with Gasteiger partial charge in [-0.15, -0.1) is 0 Å². The highest BCUT2D eigenvalue weighted by atomic mass is 16.5. The van der Waals surface area contributed by atoms with Gasteiger partial charge in [-0.2, -0.15) is 0 Å². The number of rotatable bonds is 5. The number of likely N-dealkylation sites (tertiary alicyclic amines) is 2. The summed E-state index contributed by atoms with van der Waals surface area (Å²) < 4.78 is 11.0. The molecule has 0 spiro atoms. The van der Waals surface area contributed by atoms with Crippen LogP contribution in [-0.2, 0) is 11.3 Å². The highest BCUT2D eigenvalue weighted by molar-refractivity contribution is 5.79. The van der Waals surface area contributed by atoms with Crippen LogP contribution in [0.2, 0.25) is 0 Å². The number of hydrogen-bond donors (Lipinski definition) is 1. The van der Waals surface area contributed by atoms with Crippen molar-refractivity contribution in [3.05, 3.63) is 23.8 Å². The zero-order valence-electron chi connectivity index (χ0n) is 16.3. The van der Waals surface area contributed by atoms with Gasteiger partial charge in [-0.1, -0.05) is 18.9 Å². The summed E-state index contributed by atoms with van der Waals surface area (Å²) >= 11 is 0. The zero-order valence-corrected chi connectivity index (χ0v) is 16.3. The van der Waals surface area contributed by atoms with Crippen molar-refractivity contribution in [1.82, 2.24) is 4.90 Å². The highest BCUT2D eigenvalue weighted by Crippen LogP contribution is 2.30. The molecule has 3 rings (SSSR count). The molecule has 2 heterocycles. The minimum absolute atomic E-state index is 0.174. The van der Waals surface area contributed by atoms with E-state index in [2.05, 4.69) is 11.0 Å². The van der Waals surface area contributed by atoms with Crippen LogP contribution in [0.15, 0.2) is 18.2 Å². The Morgan fingerprint density at radius 3 is 2.58 bits per heavy atom. The fraction of sp³-hybridized carbons (Fsp3) is 0.667. The van der Waals surface area contributed by atoms with E-state index in [0.29, 0.717) is 5.91 Å². The molecule has 1 amide bonds. The van der Waals surface area contributed by atoms with Crippen LogP contribution < -0.4 is 14.4 Å². The van der Waals surface area contributed by atoms with Gasteiger partial charge in [0.15, 0.2) is 11.5 Å². The molecule has 26 heavy (non-hydrogen) atoms. The summed E-state index contributed by atoms with van der Waals surface area (Å²) in [4.78, 5) is 16.6. The van der Waals surface area contributed by atoms with Gasteiger partial charge in [0.05, 0.1) is 38.8 Å². The normalized spacial score (nSPS) is 24.0. The lowest BCUT2D eigenvalue weighted by atomic mass is 9.95. The number of carbonyl (C=O) groups excluding carboxylic acids is 1. The van der Waals surface area contributed by atoms with Gasteiger partial charge in [0.2, 0.25) is 5.91 Å².